The highest BCUT2D eigenvalue weighted by Crippen LogP contribution is 2.24. The average Bonchev–Trinajstić information content (AvgIpc) is 2.88. The summed E-state index contributed by atoms with van der Waals surface area (Å²) < 4.78 is 26.8. The van der Waals surface area contributed by atoms with Crippen molar-refractivity contribution in [3.63, 3.8) is 0 Å². The molecular weight excluding hydrogens is 558 g/mol. The van der Waals surface area contributed by atoms with Crippen LogP contribution in [-0.4, -0.2) is 50.0 Å². The lowest BCUT2D eigenvalue weighted by molar-refractivity contribution is -0.141. The molecule has 0 aliphatic carbocycles. The lowest BCUT2D eigenvalue weighted by Gasteiger charge is -2.32. The molecule has 0 radical (unpaired) electrons. The van der Waals surface area contributed by atoms with Crippen molar-refractivity contribution >= 4 is 39.1 Å². The van der Waals surface area contributed by atoms with Crippen molar-refractivity contribution in [2.45, 2.75) is 65.6 Å². The highest BCUT2D eigenvalue weighted by molar-refractivity contribution is 7.92. The fraction of sp³-hybridized carbons (Fsp3) is 0.375. The monoisotopic (exact) mass is 597 g/mol. The number of rotatable bonds is 13. The first-order valence-electron chi connectivity index (χ1n) is 13.8. The largest absolute Gasteiger partial charge is 0.352 e. The maximum Gasteiger partial charge on any atom is 0.243 e. The van der Waals surface area contributed by atoms with Gasteiger partial charge in [-0.1, -0.05) is 66.2 Å². The Morgan fingerprint density at radius 2 is 1.54 bits per heavy atom. The highest BCUT2D eigenvalue weighted by atomic mass is 35.5. The lowest BCUT2D eigenvalue weighted by Crippen LogP contribution is -2.51. The quantitative estimate of drug-likeness (QED) is 0.275. The summed E-state index contributed by atoms with van der Waals surface area (Å²) in [5, 5.41) is 3.48. The van der Waals surface area contributed by atoms with Crippen LogP contribution in [0.1, 0.15) is 48.9 Å². The molecule has 220 valence electrons. The minimum Gasteiger partial charge on any atom is -0.352 e. The van der Waals surface area contributed by atoms with Crippen LogP contribution >= 0.6 is 11.6 Å². The summed E-state index contributed by atoms with van der Waals surface area (Å²) in [4.78, 5) is 29.0. The third kappa shape index (κ3) is 9.61. The molecule has 7 nitrogen and oxygen atoms in total. The molecule has 0 fully saturated rings. The van der Waals surface area contributed by atoms with Crippen LogP contribution in [0.5, 0.6) is 0 Å². The summed E-state index contributed by atoms with van der Waals surface area (Å²) in [7, 11) is -3.58. The first-order valence-corrected chi connectivity index (χ1v) is 16.0. The van der Waals surface area contributed by atoms with Crippen LogP contribution in [0.4, 0.5) is 5.69 Å². The van der Waals surface area contributed by atoms with Gasteiger partial charge in [-0.3, -0.25) is 13.9 Å². The van der Waals surface area contributed by atoms with Gasteiger partial charge in [-0.2, -0.15) is 0 Å². The molecule has 3 rings (SSSR count). The number of aryl methyl sites for hydroxylation is 2. The van der Waals surface area contributed by atoms with Crippen molar-refractivity contribution in [3.05, 3.63) is 100 Å². The van der Waals surface area contributed by atoms with E-state index < -0.39 is 16.1 Å². The molecule has 3 aromatic rings. The van der Waals surface area contributed by atoms with Crippen molar-refractivity contribution in [1.82, 2.24) is 10.2 Å². The zero-order valence-electron chi connectivity index (χ0n) is 24.4. The normalized spacial score (nSPS) is 12.2. The molecule has 3 aromatic carbocycles. The molecule has 0 saturated heterocycles. The van der Waals surface area contributed by atoms with Crippen molar-refractivity contribution in [2.75, 3.05) is 17.1 Å². The molecule has 0 heterocycles. The number of hydrogen-bond donors (Lipinski definition) is 1. The highest BCUT2D eigenvalue weighted by Gasteiger charge is 2.31. The zero-order chi connectivity index (χ0) is 30.2. The van der Waals surface area contributed by atoms with Crippen LogP contribution < -0.4 is 9.62 Å². The Hall–Kier alpha value is -3.36. The van der Waals surface area contributed by atoms with Gasteiger partial charge in [0.1, 0.15) is 6.04 Å². The first-order chi connectivity index (χ1) is 19.3. The van der Waals surface area contributed by atoms with Gasteiger partial charge in [0.05, 0.1) is 11.9 Å². The number of halogens is 1. The maximum atomic E-state index is 13.9. The van der Waals surface area contributed by atoms with E-state index in [9.17, 15) is 18.0 Å². The third-order valence-corrected chi connectivity index (χ3v) is 8.21. The van der Waals surface area contributed by atoms with Crippen molar-refractivity contribution < 1.29 is 18.0 Å². The fourth-order valence-corrected chi connectivity index (χ4v) is 5.99. The van der Waals surface area contributed by atoms with E-state index in [1.165, 1.54) is 10.6 Å². The predicted molar refractivity (Wildman–Crippen MR) is 167 cm³/mol. The van der Waals surface area contributed by atoms with Gasteiger partial charge >= 0.3 is 0 Å². The molecule has 2 amide bonds. The second kappa shape index (κ2) is 14.5. The van der Waals surface area contributed by atoms with E-state index in [2.05, 4.69) is 5.32 Å². The molecule has 0 saturated carbocycles. The molecule has 0 bridgehead atoms. The molecule has 9 heteroatoms. The number of benzene rings is 3. The Morgan fingerprint density at radius 1 is 0.927 bits per heavy atom. The molecule has 1 atom stereocenters. The van der Waals surface area contributed by atoms with Gasteiger partial charge in [0.2, 0.25) is 21.8 Å². The Morgan fingerprint density at radius 3 is 2.12 bits per heavy atom. The minimum absolute atomic E-state index is 0.0571. The van der Waals surface area contributed by atoms with Gasteiger partial charge in [0.25, 0.3) is 0 Å². The molecule has 1 N–H and O–H groups in total. The summed E-state index contributed by atoms with van der Waals surface area (Å²) in [5.74, 6) is -0.504. The molecule has 0 aliphatic heterocycles. The van der Waals surface area contributed by atoms with Crippen LogP contribution in [0.2, 0.25) is 5.02 Å². The fourth-order valence-electron chi connectivity index (χ4n) is 4.84. The number of nitrogens with one attached hydrogen (secondary N) is 1. The van der Waals surface area contributed by atoms with Crippen molar-refractivity contribution in [1.29, 1.82) is 0 Å². The van der Waals surface area contributed by atoms with E-state index in [1.807, 2.05) is 94.4 Å². The van der Waals surface area contributed by atoms with Gasteiger partial charge < -0.3 is 10.2 Å². The summed E-state index contributed by atoms with van der Waals surface area (Å²) >= 11 is 6.48. The van der Waals surface area contributed by atoms with Gasteiger partial charge in [0, 0.05) is 37.0 Å². The van der Waals surface area contributed by atoms with Gasteiger partial charge in [-0.25, -0.2) is 8.42 Å². The Bertz CT molecular complexity index is 1420. The number of sulfonamides is 1. The number of carbonyl (C=O) groups excluding carboxylic acids is 2. The lowest BCUT2D eigenvalue weighted by atomic mass is 10.0. The van der Waals surface area contributed by atoms with E-state index in [4.69, 9.17) is 11.6 Å². The van der Waals surface area contributed by atoms with Gasteiger partial charge in [0.15, 0.2) is 0 Å². The van der Waals surface area contributed by atoms with E-state index in [-0.39, 0.29) is 43.8 Å². The van der Waals surface area contributed by atoms with Crippen LogP contribution in [0.25, 0.3) is 0 Å². The Labute approximate surface area is 249 Å². The topological polar surface area (TPSA) is 86.8 Å². The smallest absolute Gasteiger partial charge is 0.243 e. The van der Waals surface area contributed by atoms with E-state index in [0.29, 0.717) is 17.1 Å². The molecule has 41 heavy (non-hydrogen) atoms. The summed E-state index contributed by atoms with van der Waals surface area (Å²) in [6, 6.07) is 21.6. The average molecular weight is 598 g/mol. The third-order valence-electron chi connectivity index (χ3n) is 6.65. The molecular formula is C32H40ClN3O4S. The van der Waals surface area contributed by atoms with Crippen molar-refractivity contribution in [2.24, 2.45) is 0 Å². The van der Waals surface area contributed by atoms with Crippen molar-refractivity contribution in [3.8, 4) is 0 Å². The summed E-state index contributed by atoms with van der Waals surface area (Å²) in [6.45, 7) is 7.88. The van der Waals surface area contributed by atoms with E-state index in [1.54, 1.807) is 11.0 Å². The SMILES string of the molecule is Cc1cc(C)cc(N(CCCC(=O)N(Cc2ccccc2Cl)[C@@H](Cc2ccccc2)C(=O)NC(C)C)S(C)(=O)=O)c1. The first kappa shape index (κ1) is 32.2. The molecule has 0 unspecified atom stereocenters. The zero-order valence-corrected chi connectivity index (χ0v) is 26.0. The number of hydrogen-bond acceptors (Lipinski definition) is 4. The minimum atomic E-state index is -3.58. The molecule has 0 aromatic heterocycles. The molecule has 0 spiro atoms. The number of carbonyl (C=O) groups is 2. The van der Waals surface area contributed by atoms with E-state index >= 15 is 0 Å². The summed E-state index contributed by atoms with van der Waals surface area (Å²) in [6.07, 6.45) is 1.83. The maximum absolute atomic E-state index is 13.9. The molecule has 0 aliphatic rings. The number of anilines is 1. The summed E-state index contributed by atoms with van der Waals surface area (Å²) in [5.41, 5.74) is 4.13. The van der Waals surface area contributed by atoms with Crippen LogP contribution in [0.3, 0.4) is 0 Å². The second-order valence-electron chi connectivity index (χ2n) is 10.8. The second-order valence-corrected chi connectivity index (χ2v) is 13.1. The Balaban J connectivity index is 1.90. The van der Waals surface area contributed by atoms with Crippen LogP contribution in [-0.2, 0) is 32.6 Å². The predicted octanol–water partition coefficient (Wildman–Crippen LogP) is 5.67. The Kier molecular flexibility index (Phi) is 11.4. The van der Waals surface area contributed by atoms with E-state index in [0.717, 1.165) is 22.3 Å². The van der Waals surface area contributed by atoms with Gasteiger partial charge in [-0.05, 0) is 74.6 Å². The van der Waals surface area contributed by atoms with Crippen LogP contribution in [0.15, 0.2) is 72.8 Å². The number of amides is 2. The van der Waals surface area contributed by atoms with Crippen LogP contribution in [0, 0.1) is 13.8 Å². The van der Waals surface area contributed by atoms with Gasteiger partial charge in [-0.15, -0.1) is 0 Å². The standard InChI is InChI=1S/C32H40ClN3O4S/c1-23(2)34-32(38)30(21-26-12-7-6-8-13-26)35(22-27-14-9-10-15-29(27)33)31(37)16-11-17-36(41(5,39)40)28-19-24(3)18-25(4)20-28/h6-10,12-15,18-20,23,30H,11,16-17,21-22H2,1-5H3,(H,34,38)/t30-/m0/s1. The number of nitrogens with zero attached hydrogens (tertiary/aromatic N) is 2.